The van der Waals surface area contributed by atoms with Crippen molar-refractivity contribution in [3.63, 3.8) is 0 Å². The molecular formula is C20H22N4O2S2. The number of nitrogens with zero attached hydrogens (tertiary/aromatic N) is 4. The summed E-state index contributed by atoms with van der Waals surface area (Å²) < 4.78 is 3.16. The molecule has 0 N–H and O–H groups in total. The molecule has 0 aromatic carbocycles. The average Bonchev–Trinajstić information content (AvgIpc) is 3.28. The first-order valence-corrected chi connectivity index (χ1v) is 11.2. The standard InChI is InChI=1S/C20H22N4O2S2/c1-3-5-13-9-15-17(27-13)21-11-23(19(15)25)7-8-24-12-22-18-16(20(24)26)10-14(28-18)6-4-2/h9-12H,3-8H2,1-2H3. The molecule has 146 valence electrons. The molecule has 28 heavy (non-hydrogen) atoms. The van der Waals surface area contributed by atoms with Crippen LogP contribution in [0, 0.1) is 0 Å². The second-order valence-electron chi connectivity index (χ2n) is 6.85. The highest BCUT2D eigenvalue weighted by molar-refractivity contribution is 7.18. The van der Waals surface area contributed by atoms with Crippen molar-refractivity contribution in [2.24, 2.45) is 0 Å². The Morgan fingerprint density at radius 1 is 0.786 bits per heavy atom. The van der Waals surface area contributed by atoms with Gasteiger partial charge in [-0.3, -0.25) is 18.7 Å². The van der Waals surface area contributed by atoms with Gasteiger partial charge in [-0.25, -0.2) is 9.97 Å². The molecule has 0 radical (unpaired) electrons. The van der Waals surface area contributed by atoms with E-state index in [-0.39, 0.29) is 11.1 Å². The predicted molar refractivity (Wildman–Crippen MR) is 116 cm³/mol. The number of thiophene rings is 2. The van der Waals surface area contributed by atoms with Crippen molar-refractivity contribution in [3.05, 3.63) is 55.2 Å². The molecule has 0 aliphatic heterocycles. The number of fused-ring (bicyclic) bond motifs is 2. The highest BCUT2D eigenvalue weighted by Crippen LogP contribution is 2.23. The van der Waals surface area contributed by atoms with Crippen molar-refractivity contribution >= 4 is 43.1 Å². The van der Waals surface area contributed by atoms with Gasteiger partial charge in [0.1, 0.15) is 9.66 Å². The van der Waals surface area contributed by atoms with Gasteiger partial charge < -0.3 is 0 Å². The van der Waals surface area contributed by atoms with Crippen LogP contribution in [0.1, 0.15) is 36.4 Å². The van der Waals surface area contributed by atoms with Crippen LogP contribution in [-0.2, 0) is 25.9 Å². The first-order valence-electron chi connectivity index (χ1n) is 9.56. The van der Waals surface area contributed by atoms with E-state index >= 15 is 0 Å². The molecule has 8 heteroatoms. The lowest BCUT2D eigenvalue weighted by Gasteiger charge is -2.07. The Balaban J connectivity index is 1.60. The third-order valence-corrected chi connectivity index (χ3v) is 6.92. The number of hydrogen-bond donors (Lipinski definition) is 0. The molecule has 0 atom stereocenters. The Labute approximate surface area is 170 Å². The van der Waals surface area contributed by atoms with Crippen molar-refractivity contribution in [2.75, 3.05) is 0 Å². The van der Waals surface area contributed by atoms with Gasteiger partial charge in [-0.15, -0.1) is 22.7 Å². The highest BCUT2D eigenvalue weighted by atomic mass is 32.1. The molecule has 4 aromatic heterocycles. The lowest BCUT2D eigenvalue weighted by Crippen LogP contribution is -2.27. The number of hydrogen-bond acceptors (Lipinski definition) is 6. The summed E-state index contributed by atoms with van der Waals surface area (Å²) in [4.78, 5) is 38.3. The summed E-state index contributed by atoms with van der Waals surface area (Å²) in [6, 6.07) is 3.91. The number of aryl methyl sites for hydroxylation is 4. The van der Waals surface area contributed by atoms with Gasteiger partial charge in [0.25, 0.3) is 11.1 Å². The molecule has 6 nitrogen and oxygen atoms in total. The molecule has 0 aliphatic carbocycles. The zero-order chi connectivity index (χ0) is 19.7. The Morgan fingerprint density at radius 3 is 1.61 bits per heavy atom. The lowest BCUT2D eigenvalue weighted by molar-refractivity contribution is 0.547. The van der Waals surface area contributed by atoms with Gasteiger partial charge in [0.15, 0.2) is 0 Å². The van der Waals surface area contributed by atoms with Crippen molar-refractivity contribution in [1.29, 1.82) is 0 Å². The maximum Gasteiger partial charge on any atom is 0.262 e. The van der Waals surface area contributed by atoms with Gasteiger partial charge in [-0.2, -0.15) is 0 Å². The first-order chi connectivity index (χ1) is 13.6. The van der Waals surface area contributed by atoms with Crippen LogP contribution < -0.4 is 11.1 Å². The molecule has 0 aliphatic rings. The largest absolute Gasteiger partial charge is 0.297 e. The minimum absolute atomic E-state index is 0.0496. The predicted octanol–water partition coefficient (Wildman–Crippen LogP) is 3.83. The van der Waals surface area contributed by atoms with Gasteiger partial charge in [0.05, 0.1) is 23.4 Å². The van der Waals surface area contributed by atoms with Gasteiger partial charge in [0.2, 0.25) is 0 Å². The number of rotatable bonds is 7. The fourth-order valence-electron chi connectivity index (χ4n) is 3.29. The minimum atomic E-state index is -0.0496. The van der Waals surface area contributed by atoms with Crippen molar-refractivity contribution in [3.8, 4) is 0 Å². The summed E-state index contributed by atoms with van der Waals surface area (Å²) in [5.41, 5.74) is -0.0992. The van der Waals surface area contributed by atoms with Crippen LogP contribution in [0.25, 0.3) is 20.4 Å². The molecule has 4 aromatic rings. The van der Waals surface area contributed by atoms with E-state index in [1.807, 2.05) is 12.1 Å². The van der Waals surface area contributed by atoms with E-state index < -0.39 is 0 Å². The summed E-state index contributed by atoms with van der Waals surface area (Å²) in [6.07, 6.45) is 7.17. The van der Waals surface area contributed by atoms with Gasteiger partial charge in [-0.1, -0.05) is 26.7 Å². The molecule has 0 unspecified atom stereocenters. The smallest absolute Gasteiger partial charge is 0.262 e. The molecule has 4 rings (SSSR count). The van der Waals surface area contributed by atoms with E-state index in [2.05, 4.69) is 23.8 Å². The van der Waals surface area contributed by atoms with E-state index in [0.29, 0.717) is 23.9 Å². The third kappa shape index (κ3) is 3.54. The molecule has 0 saturated carbocycles. The lowest BCUT2D eigenvalue weighted by atomic mass is 10.2. The number of aromatic nitrogens is 4. The van der Waals surface area contributed by atoms with E-state index in [9.17, 15) is 9.59 Å². The van der Waals surface area contributed by atoms with Crippen LogP contribution in [0.3, 0.4) is 0 Å². The van der Waals surface area contributed by atoms with Crippen LogP contribution in [-0.4, -0.2) is 19.1 Å². The second kappa shape index (κ2) is 7.97. The van der Waals surface area contributed by atoms with E-state index in [1.54, 1.807) is 44.5 Å². The zero-order valence-corrected chi connectivity index (χ0v) is 17.6. The maximum absolute atomic E-state index is 12.8. The SMILES string of the molecule is CCCc1cc2c(=O)n(CCn3cnc4sc(CCC)cc4c3=O)cnc2s1. The van der Waals surface area contributed by atoms with E-state index in [1.165, 1.54) is 9.75 Å². The van der Waals surface area contributed by atoms with Crippen LogP contribution in [0.4, 0.5) is 0 Å². The van der Waals surface area contributed by atoms with Gasteiger partial charge in [-0.05, 0) is 25.0 Å². The van der Waals surface area contributed by atoms with Crippen LogP contribution >= 0.6 is 22.7 Å². The fraction of sp³-hybridized carbons (Fsp3) is 0.400. The summed E-state index contributed by atoms with van der Waals surface area (Å²) in [7, 11) is 0. The zero-order valence-electron chi connectivity index (χ0n) is 16.0. The molecule has 0 saturated heterocycles. The normalized spacial score (nSPS) is 11.6. The van der Waals surface area contributed by atoms with Crippen LogP contribution in [0.5, 0.6) is 0 Å². The second-order valence-corrected chi connectivity index (χ2v) is 9.08. The van der Waals surface area contributed by atoms with Crippen LogP contribution in [0.15, 0.2) is 34.4 Å². The van der Waals surface area contributed by atoms with Crippen molar-refractivity contribution in [2.45, 2.75) is 52.6 Å². The molecule has 0 amide bonds. The molecule has 0 bridgehead atoms. The highest BCUT2D eigenvalue weighted by Gasteiger charge is 2.11. The topological polar surface area (TPSA) is 69.8 Å². The quantitative estimate of drug-likeness (QED) is 0.461. The van der Waals surface area contributed by atoms with Crippen molar-refractivity contribution in [1.82, 2.24) is 19.1 Å². The van der Waals surface area contributed by atoms with Gasteiger partial charge >= 0.3 is 0 Å². The summed E-state index contributed by atoms with van der Waals surface area (Å²) >= 11 is 3.16. The molecular weight excluding hydrogens is 392 g/mol. The maximum atomic E-state index is 12.8. The fourth-order valence-corrected chi connectivity index (χ4v) is 5.47. The Morgan fingerprint density at radius 2 is 1.21 bits per heavy atom. The summed E-state index contributed by atoms with van der Waals surface area (Å²) in [5, 5.41) is 1.33. The van der Waals surface area contributed by atoms with Crippen molar-refractivity contribution < 1.29 is 0 Å². The van der Waals surface area contributed by atoms with E-state index in [0.717, 1.165) is 35.3 Å². The summed E-state index contributed by atoms with van der Waals surface area (Å²) in [6.45, 7) is 5.02. The minimum Gasteiger partial charge on any atom is -0.297 e. The third-order valence-electron chi connectivity index (χ3n) is 4.71. The Kier molecular flexibility index (Phi) is 5.41. The summed E-state index contributed by atoms with van der Waals surface area (Å²) in [5.74, 6) is 0. The molecule has 0 spiro atoms. The first kappa shape index (κ1) is 19.0. The Bertz CT molecular complexity index is 1150. The van der Waals surface area contributed by atoms with E-state index in [4.69, 9.17) is 0 Å². The van der Waals surface area contributed by atoms with Gasteiger partial charge in [0, 0.05) is 22.8 Å². The monoisotopic (exact) mass is 414 g/mol. The molecule has 0 fully saturated rings. The van der Waals surface area contributed by atoms with Crippen LogP contribution in [0.2, 0.25) is 0 Å². The average molecular weight is 415 g/mol. The Hall–Kier alpha value is -2.32. The molecule has 4 heterocycles.